The van der Waals surface area contributed by atoms with Crippen LogP contribution >= 0.6 is 28.1 Å². The lowest BCUT2D eigenvalue weighted by Crippen LogP contribution is -2.07. The summed E-state index contributed by atoms with van der Waals surface area (Å²) in [5.41, 5.74) is 0. The van der Waals surface area contributed by atoms with Gasteiger partial charge in [0.2, 0.25) is 4.38 Å². The average molecular weight is 356 g/mol. The van der Waals surface area contributed by atoms with Gasteiger partial charge in [-0.25, -0.2) is 0 Å². The van der Waals surface area contributed by atoms with Gasteiger partial charge in [0.05, 0.1) is 12.0 Å². The highest BCUT2D eigenvalue weighted by molar-refractivity contribution is 9.10. The van der Waals surface area contributed by atoms with Gasteiger partial charge in [0.25, 0.3) is 10.0 Å². The zero-order valence-corrected chi connectivity index (χ0v) is 13.1. The van der Waals surface area contributed by atoms with Crippen LogP contribution in [0.5, 0.6) is 0 Å². The van der Waals surface area contributed by atoms with Gasteiger partial charge in [-0.3, -0.25) is 0 Å². The Morgan fingerprint density at radius 2 is 1.94 bits per heavy atom. The van der Waals surface area contributed by atoms with E-state index in [1.165, 1.54) is 19.2 Å². The molecule has 1 atom stereocenters. The average Bonchev–Trinajstić information content (AvgIpc) is 2.27. The Balaban J connectivity index is 3.13. The first-order valence-corrected chi connectivity index (χ1v) is 8.57. The highest BCUT2D eigenvalue weighted by Crippen LogP contribution is 2.17. The van der Waals surface area contributed by atoms with Crippen molar-refractivity contribution in [1.29, 1.82) is 0 Å². The fourth-order valence-corrected chi connectivity index (χ4v) is 3.97. The molecule has 1 rings (SSSR count). The molecule has 0 aliphatic rings. The molecule has 0 radical (unpaired) electrons. The molecule has 0 saturated carbocycles. The lowest BCUT2D eigenvalue weighted by atomic mass is 10.4. The van der Waals surface area contributed by atoms with Crippen molar-refractivity contribution in [3.8, 4) is 0 Å². The molecule has 4 nitrogen and oxygen atoms in total. The maximum Gasteiger partial charge on any atom is 0.288 e. The second-order valence-corrected chi connectivity index (χ2v) is 7.83. The SMILES string of the molecule is COC(=S)S(C)=NS(=O)(=O)c1ccc(Br)cc1. The van der Waals surface area contributed by atoms with Crippen molar-refractivity contribution in [2.24, 2.45) is 3.77 Å². The molecule has 0 heterocycles. The number of hydrogen-bond acceptors (Lipinski definition) is 4. The molecule has 0 fully saturated rings. The molecular weight excluding hydrogens is 346 g/mol. The first kappa shape index (κ1) is 14.7. The van der Waals surface area contributed by atoms with E-state index in [1.54, 1.807) is 18.4 Å². The highest BCUT2D eigenvalue weighted by atomic mass is 79.9. The summed E-state index contributed by atoms with van der Waals surface area (Å²) in [6.45, 7) is 0. The van der Waals surface area contributed by atoms with Gasteiger partial charge in [0.1, 0.15) is 0 Å². The zero-order valence-electron chi connectivity index (χ0n) is 9.08. The Labute approximate surface area is 117 Å². The van der Waals surface area contributed by atoms with Gasteiger partial charge >= 0.3 is 0 Å². The van der Waals surface area contributed by atoms with E-state index in [0.29, 0.717) is 0 Å². The van der Waals surface area contributed by atoms with Crippen molar-refractivity contribution in [2.75, 3.05) is 13.4 Å². The lowest BCUT2D eigenvalue weighted by molar-refractivity contribution is 0.426. The smallest absolute Gasteiger partial charge is 0.288 e. The number of benzene rings is 1. The monoisotopic (exact) mass is 355 g/mol. The second kappa shape index (κ2) is 6.03. The van der Waals surface area contributed by atoms with Crippen LogP contribution in [0.1, 0.15) is 0 Å². The van der Waals surface area contributed by atoms with Crippen molar-refractivity contribution in [2.45, 2.75) is 4.90 Å². The standard InChI is InChI=1S/C9H10BrNO3S3/c1-14-9(15)16(2)11-17(12,13)8-5-3-7(10)4-6-8/h3-6H,1-2H3. The van der Waals surface area contributed by atoms with Gasteiger partial charge in [-0.05, 0) is 47.2 Å². The molecule has 94 valence electrons. The highest BCUT2D eigenvalue weighted by Gasteiger charge is 2.14. The van der Waals surface area contributed by atoms with Crippen LogP contribution < -0.4 is 0 Å². The summed E-state index contributed by atoms with van der Waals surface area (Å²) in [6, 6.07) is 6.25. The third-order valence-electron chi connectivity index (χ3n) is 1.73. The minimum absolute atomic E-state index is 0.138. The van der Waals surface area contributed by atoms with Crippen LogP contribution in [0.2, 0.25) is 0 Å². The summed E-state index contributed by atoms with van der Waals surface area (Å²) in [4.78, 5) is 0.138. The minimum Gasteiger partial charge on any atom is -0.481 e. The second-order valence-electron chi connectivity index (χ2n) is 2.94. The normalized spacial score (nSPS) is 13.4. The topological polar surface area (TPSA) is 55.7 Å². The molecule has 0 bridgehead atoms. The van der Waals surface area contributed by atoms with E-state index in [9.17, 15) is 8.42 Å². The number of rotatable bonds is 2. The molecular formula is C9H10BrNO3S3. The molecule has 1 unspecified atom stereocenters. The van der Waals surface area contributed by atoms with E-state index in [1.807, 2.05) is 0 Å². The van der Waals surface area contributed by atoms with Crippen molar-refractivity contribution in [3.63, 3.8) is 0 Å². The van der Waals surface area contributed by atoms with Crippen molar-refractivity contribution in [1.82, 2.24) is 0 Å². The van der Waals surface area contributed by atoms with Gasteiger partial charge in [-0.2, -0.15) is 8.42 Å². The first-order chi connectivity index (χ1) is 7.86. The summed E-state index contributed by atoms with van der Waals surface area (Å²) in [6.07, 6.45) is 1.60. The van der Waals surface area contributed by atoms with E-state index >= 15 is 0 Å². The minimum atomic E-state index is -3.68. The molecule has 0 N–H and O–H groups in total. The Hall–Kier alpha value is -0.310. The Morgan fingerprint density at radius 1 is 1.41 bits per heavy atom. The number of halogens is 1. The van der Waals surface area contributed by atoms with Crippen LogP contribution in [0.4, 0.5) is 0 Å². The summed E-state index contributed by atoms with van der Waals surface area (Å²) in [5, 5.41) is 0. The molecule has 1 aromatic carbocycles. The third-order valence-corrected chi connectivity index (χ3v) is 6.34. The fraction of sp³-hybridized carbons (Fsp3) is 0.222. The zero-order chi connectivity index (χ0) is 13.1. The van der Waals surface area contributed by atoms with Gasteiger partial charge in [-0.1, -0.05) is 15.9 Å². The molecule has 0 aliphatic heterocycles. The van der Waals surface area contributed by atoms with Crippen molar-refractivity contribution < 1.29 is 13.2 Å². The molecule has 0 saturated heterocycles. The maximum atomic E-state index is 11.9. The Bertz CT molecular complexity index is 551. The number of ether oxygens (including phenoxy) is 1. The largest absolute Gasteiger partial charge is 0.481 e. The van der Waals surface area contributed by atoms with Crippen LogP contribution in [0.15, 0.2) is 37.4 Å². The maximum absolute atomic E-state index is 11.9. The predicted molar refractivity (Wildman–Crippen MR) is 76.7 cm³/mol. The summed E-state index contributed by atoms with van der Waals surface area (Å²) in [7, 11) is -3.24. The van der Waals surface area contributed by atoms with E-state index in [-0.39, 0.29) is 9.28 Å². The summed E-state index contributed by atoms with van der Waals surface area (Å²) < 4.78 is 33.2. The van der Waals surface area contributed by atoms with Gasteiger partial charge in [-0.15, -0.1) is 3.77 Å². The van der Waals surface area contributed by atoms with Gasteiger partial charge in [0, 0.05) is 10.7 Å². The number of hydrogen-bond donors (Lipinski definition) is 0. The van der Waals surface area contributed by atoms with E-state index in [2.05, 4.69) is 19.7 Å². The van der Waals surface area contributed by atoms with E-state index < -0.39 is 20.7 Å². The summed E-state index contributed by atoms with van der Waals surface area (Å²) in [5.74, 6) is 0. The van der Waals surface area contributed by atoms with Crippen molar-refractivity contribution in [3.05, 3.63) is 28.7 Å². The lowest BCUT2D eigenvalue weighted by Gasteiger charge is -2.03. The van der Waals surface area contributed by atoms with E-state index in [0.717, 1.165) is 4.47 Å². The molecule has 17 heavy (non-hydrogen) atoms. The molecule has 0 amide bonds. The summed E-state index contributed by atoms with van der Waals surface area (Å²) >= 11 is 8.07. The number of thiocarbonyl (C=S) groups is 1. The Kier molecular flexibility index (Phi) is 5.23. The van der Waals surface area contributed by atoms with E-state index in [4.69, 9.17) is 17.0 Å². The van der Waals surface area contributed by atoms with Crippen LogP contribution in [-0.4, -0.2) is 26.2 Å². The van der Waals surface area contributed by atoms with Crippen LogP contribution in [0, 0.1) is 0 Å². The molecule has 0 aliphatic carbocycles. The molecule has 0 spiro atoms. The quantitative estimate of drug-likeness (QED) is 0.764. The number of methoxy groups -OCH3 is 1. The Morgan fingerprint density at radius 3 is 2.41 bits per heavy atom. The predicted octanol–water partition coefficient (Wildman–Crippen LogP) is 2.50. The first-order valence-electron chi connectivity index (χ1n) is 4.34. The van der Waals surface area contributed by atoms with Crippen LogP contribution in [0.25, 0.3) is 0 Å². The van der Waals surface area contributed by atoms with Crippen LogP contribution in [-0.2, 0) is 25.5 Å². The molecule has 1 aromatic rings. The van der Waals surface area contributed by atoms with Gasteiger partial charge in [0.15, 0.2) is 0 Å². The fourth-order valence-electron chi connectivity index (χ4n) is 0.948. The number of sulfonamides is 1. The van der Waals surface area contributed by atoms with Crippen molar-refractivity contribution >= 4 is 53.2 Å². The van der Waals surface area contributed by atoms with Crippen LogP contribution in [0.3, 0.4) is 0 Å². The molecule has 8 heteroatoms. The van der Waals surface area contributed by atoms with Gasteiger partial charge < -0.3 is 4.74 Å². The number of nitrogens with zero attached hydrogens (tertiary/aromatic N) is 1. The molecule has 0 aromatic heterocycles. The third kappa shape index (κ3) is 4.13.